The summed E-state index contributed by atoms with van der Waals surface area (Å²) in [4.78, 5) is 0. The molecular formula is C25H25O3P. The van der Waals surface area contributed by atoms with E-state index in [-0.39, 0.29) is 13.2 Å². The van der Waals surface area contributed by atoms with E-state index in [1.54, 1.807) is 12.2 Å². The van der Waals surface area contributed by atoms with E-state index in [2.05, 4.69) is 13.2 Å². The zero-order chi connectivity index (χ0) is 20.6. The Hall–Kier alpha value is -2.71. The molecule has 0 amide bonds. The third-order valence-electron chi connectivity index (χ3n) is 4.71. The first-order chi connectivity index (χ1) is 14.2. The number of hydrogen-bond donors (Lipinski definition) is 0. The molecular weight excluding hydrogens is 379 g/mol. The Balaban J connectivity index is 2.42. The van der Waals surface area contributed by atoms with Gasteiger partial charge in [0.1, 0.15) is 5.16 Å². The molecule has 0 saturated heterocycles. The van der Waals surface area contributed by atoms with Crippen LogP contribution in [0.3, 0.4) is 0 Å². The zero-order valence-electron chi connectivity index (χ0n) is 16.3. The minimum Gasteiger partial charge on any atom is -0.303 e. The fraction of sp³-hybridized carbons (Fsp3) is 0.120. The molecule has 3 nitrogen and oxygen atoms in total. The summed E-state index contributed by atoms with van der Waals surface area (Å²) < 4.78 is 26.6. The van der Waals surface area contributed by atoms with Gasteiger partial charge in [-0.1, -0.05) is 103 Å². The lowest BCUT2D eigenvalue weighted by atomic mass is 9.84. The predicted octanol–water partition coefficient (Wildman–Crippen LogP) is 6.58. The largest absolute Gasteiger partial charge is 0.350 e. The molecule has 0 aliphatic rings. The molecule has 0 aliphatic heterocycles. The Labute approximate surface area is 172 Å². The molecule has 3 aromatic rings. The van der Waals surface area contributed by atoms with Gasteiger partial charge in [0.25, 0.3) is 0 Å². The average molecular weight is 404 g/mol. The Kier molecular flexibility index (Phi) is 7.00. The number of benzene rings is 3. The molecule has 3 rings (SSSR count). The molecule has 0 heterocycles. The first kappa shape index (κ1) is 21.0. The maximum Gasteiger partial charge on any atom is 0.350 e. The summed E-state index contributed by atoms with van der Waals surface area (Å²) in [5, 5.41) is -1.15. The third-order valence-corrected chi connectivity index (χ3v) is 7.28. The van der Waals surface area contributed by atoms with E-state index < -0.39 is 12.8 Å². The highest BCUT2D eigenvalue weighted by molar-refractivity contribution is 7.55. The number of hydrogen-bond acceptors (Lipinski definition) is 3. The summed E-state index contributed by atoms with van der Waals surface area (Å²) in [6.07, 6.45) is 3.16. The van der Waals surface area contributed by atoms with Crippen molar-refractivity contribution in [2.75, 3.05) is 13.2 Å². The van der Waals surface area contributed by atoms with Crippen molar-refractivity contribution in [3.05, 3.63) is 133 Å². The van der Waals surface area contributed by atoms with Gasteiger partial charge in [-0.25, -0.2) is 0 Å². The van der Waals surface area contributed by atoms with Gasteiger partial charge in [-0.15, -0.1) is 13.2 Å². The van der Waals surface area contributed by atoms with Crippen molar-refractivity contribution < 1.29 is 13.6 Å². The molecule has 4 heteroatoms. The van der Waals surface area contributed by atoms with Crippen molar-refractivity contribution in [1.29, 1.82) is 0 Å². The predicted molar refractivity (Wildman–Crippen MR) is 119 cm³/mol. The Bertz CT molecular complexity index is 856. The highest BCUT2D eigenvalue weighted by atomic mass is 31.2. The fourth-order valence-corrected chi connectivity index (χ4v) is 6.01. The van der Waals surface area contributed by atoms with Crippen molar-refractivity contribution in [3.8, 4) is 0 Å². The lowest BCUT2D eigenvalue weighted by Crippen LogP contribution is -2.31. The van der Waals surface area contributed by atoms with Crippen LogP contribution in [-0.2, 0) is 18.8 Å². The van der Waals surface area contributed by atoms with Crippen molar-refractivity contribution in [2.45, 2.75) is 5.16 Å². The summed E-state index contributed by atoms with van der Waals surface area (Å²) in [5.41, 5.74) is 2.48. The summed E-state index contributed by atoms with van der Waals surface area (Å²) in [6, 6.07) is 29.2. The first-order valence-electron chi connectivity index (χ1n) is 9.46. The number of rotatable bonds is 10. The lowest BCUT2D eigenvalue weighted by molar-refractivity contribution is 0.222. The normalized spacial score (nSPS) is 11.7. The van der Waals surface area contributed by atoms with Crippen LogP contribution in [0.5, 0.6) is 0 Å². The second-order valence-corrected chi connectivity index (χ2v) is 8.66. The van der Waals surface area contributed by atoms with E-state index in [4.69, 9.17) is 9.05 Å². The first-order valence-corrected chi connectivity index (χ1v) is 11.0. The van der Waals surface area contributed by atoms with Crippen LogP contribution in [0.1, 0.15) is 16.7 Å². The Morgan fingerprint density at radius 2 is 0.966 bits per heavy atom. The summed E-state index contributed by atoms with van der Waals surface area (Å²) >= 11 is 0. The van der Waals surface area contributed by atoms with E-state index in [1.165, 1.54) is 0 Å². The molecule has 0 unspecified atom stereocenters. The van der Waals surface area contributed by atoms with Crippen molar-refractivity contribution in [1.82, 2.24) is 0 Å². The molecule has 0 aromatic heterocycles. The molecule has 0 spiro atoms. The van der Waals surface area contributed by atoms with Gasteiger partial charge in [0.2, 0.25) is 0 Å². The van der Waals surface area contributed by atoms with Crippen LogP contribution in [0.4, 0.5) is 0 Å². The van der Waals surface area contributed by atoms with E-state index >= 15 is 0 Å². The minimum absolute atomic E-state index is 0.0999. The van der Waals surface area contributed by atoms with Gasteiger partial charge in [-0.2, -0.15) is 0 Å². The monoisotopic (exact) mass is 404 g/mol. The lowest BCUT2D eigenvalue weighted by Gasteiger charge is -2.40. The van der Waals surface area contributed by atoms with Crippen LogP contribution >= 0.6 is 7.60 Å². The molecule has 0 atom stereocenters. The van der Waals surface area contributed by atoms with Crippen LogP contribution in [0.2, 0.25) is 0 Å². The van der Waals surface area contributed by atoms with Crippen LogP contribution < -0.4 is 0 Å². The quantitative estimate of drug-likeness (QED) is 0.218. The van der Waals surface area contributed by atoms with Gasteiger partial charge in [0.15, 0.2) is 0 Å². The van der Waals surface area contributed by atoms with Gasteiger partial charge < -0.3 is 9.05 Å². The van der Waals surface area contributed by atoms with Gasteiger partial charge in [0.05, 0.1) is 13.2 Å². The minimum atomic E-state index is -3.80. The second-order valence-electron chi connectivity index (χ2n) is 6.47. The molecule has 0 radical (unpaired) electrons. The molecule has 0 fully saturated rings. The molecule has 148 valence electrons. The van der Waals surface area contributed by atoms with Crippen molar-refractivity contribution in [3.63, 3.8) is 0 Å². The maximum absolute atomic E-state index is 14.6. The molecule has 3 aromatic carbocycles. The Morgan fingerprint density at radius 1 is 0.655 bits per heavy atom. The summed E-state index contributed by atoms with van der Waals surface area (Å²) in [6.45, 7) is 7.64. The Morgan fingerprint density at radius 3 is 1.24 bits per heavy atom. The van der Waals surface area contributed by atoms with Gasteiger partial charge >= 0.3 is 7.60 Å². The maximum atomic E-state index is 14.6. The van der Waals surface area contributed by atoms with E-state index in [1.807, 2.05) is 91.0 Å². The molecule has 29 heavy (non-hydrogen) atoms. The van der Waals surface area contributed by atoms with Gasteiger partial charge in [-0.3, -0.25) is 4.57 Å². The van der Waals surface area contributed by atoms with Crippen LogP contribution in [0.15, 0.2) is 116 Å². The fourth-order valence-electron chi connectivity index (χ4n) is 3.54. The molecule has 0 bridgehead atoms. The molecule has 0 saturated carbocycles. The van der Waals surface area contributed by atoms with Crippen LogP contribution in [-0.4, -0.2) is 13.2 Å². The third kappa shape index (κ3) is 4.04. The smallest absolute Gasteiger partial charge is 0.303 e. The summed E-state index contributed by atoms with van der Waals surface area (Å²) in [7, 11) is -3.80. The van der Waals surface area contributed by atoms with Gasteiger partial charge in [0, 0.05) is 0 Å². The highest BCUT2D eigenvalue weighted by Gasteiger charge is 2.55. The van der Waals surface area contributed by atoms with Gasteiger partial charge in [-0.05, 0) is 16.7 Å². The van der Waals surface area contributed by atoms with Crippen molar-refractivity contribution in [2.24, 2.45) is 0 Å². The standard InChI is InChI=1S/C25H25O3P/c1-3-20-27-29(26,28-21-4-2)25(22-14-8-5-9-15-22,23-16-10-6-11-17-23)24-18-12-7-13-19-24/h3-19H,1-2,20-21H2. The topological polar surface area (TPSA) is 35.5 Å². The van der Waals surface area contributed by atoms with E-state index in [0.717, 1.165) is 16.7 Å². The van der Waals surface area contributed by atoms with E-state index in [9.17, 15) is 4.57 Å². The zero-order valence-corrected chi connectivity index (χ0v) is 17.2. The second kappa shape index (κ2) is 9.67. The molecule has 0 aliphatic carbocycles. The van der Waals surface area contributed by atoms with Crippen molar-refractivity contribution >= 4 is 7.60 Å². The highest BCUT2D eigenvalue weighted by Crippen LogP contribution is 2.70. The van der Waals surface area contributed by atoms with E-state index in [0.29, 0.717) is 0 Å². The van der Waals surface area contributed by atoms with Crippen LogP contribution in [0.25, 0.3) is 0 Å². The molecule has 0 N–H and O–H groups in total. The summed E-state index contributed by atoms with van der Waals surface area (Å²) in [5.74, 6) is 0. The SMILES string of the molecule is C=CCOP(=O)(OCC=C)C(c1ccccc1)(c1ccccc1)c1ccccc1. The average Bonchev–Trinajstić information content (AvgIpc) is 2.79. The van der Waals surface area contributed by atoms with Crippen LogP contribution in [0, 0.1) is 0 Å².